The van der Waals surface area contributed by atoms with Crippen LogP contribution in [0.5, 0.6) is 0 Å². The van der Waals surface area contributed by atoms with Crippen LogP contribution < -0.4 is 10.5 Å². The Labute approximate surface area is 162 Å². The van der Waals surface area contributed by atoms with Crippen molar-refractivity contribution >= 4 is 27.5 Å². The second kappa shape index (κ2) is 7.36. The number of quaternary nitrogens is 1. The summed E-state index contributed by atoms with van der Waals surface area (Å²) in [6.45, 7) is 6.18. The molecular formula is C20H28N3O3S+. The third kappa shape index (κ3) is 3.43. The van der Waals surface area contributed by atoms with Gasteiger partial charge in [0.05, 0.1) is 31.5 Å². The molecule has 0 spiro atoms. The van der Waals surface area contributed by atoms with Gasteiger partial charge in [0, 0.05) is 17.7 Å². The van der Waals surface area contributed by atoms with Crippen molar-refractivity contribution in [2.45, 2.75) is 52.0 Å². The molecule has 0 unspecified atom stereocenters. The van der Waals surface area contributed by atoms with Crippen molar-refractivity contribution in [3.63, 3.8) is 0 Å². The minimum absolute atomic E-state index is 0.00597. The zero-order valence-corrected chi connectivity index (χ0v) is 17.1. The number of ether oxygens (including phenoxy) is 1. The number of hydrogen-bond donors (Lipinski definition) is 2. The summed E-state index contributed by atoms with van der Waals surface area (Å²) >= 11 is 1.70. The molecule has 0 radical (unpaired) electrons. The normalized spacial score (nSPS) is 26.6. The number of piperidine rings is 1. The Balaban J connectivity index is 1.57. The first-order valence-corrected chi connectivity index (χ1v) is 10.8. The number of thiophene rings is 1. The van der Waals surface area contributed by atoms with E-state index < -0.39 is 0 Å². The molecule has 146 valence electrons. The molecule has 1 saturated heterocycles. The molecule has 1 aliphatic heterocycles. The summed E-state index contributed by atoms with van der Waals surface area (Å²) in [5, 5.41) is 0.817. The maximum atomic E-state index is 12.8. The molecule has 0 aromatic carbocycles. The van der Waals surface area contributed by atoms with Crippen molar-refractivity contribution in [2.75, 3.05) is 20.2 Å². The highest BCUT2D eigenvalue weighted by molar-refractivity contribution is 7.18. The Morgan fingerprint density at radius 3 is 2.78 bits per heavy atom. The maximum absolute atomic E-state index is 12.8. The number of aryl methyl sites for hydroxylation is 1. The molecule has 2 aliphatic rings. The first-order valence-electron chi connectivity index (χ1n) is 9.94. The van der Waals surface area contributed by atoms with E-state index in [0.717, 1.165) is 61.2 Å². The van der Waals surface area contributed by atoms with Crippen molar-refractivity contribution in [1.82, 2.24) is 9.97 Å². The molecule has 27 heavy (non-hydrogen) atoms. The zero-order valence-electron chi connectivity index (χ0n) is 16.3. The molecule has 0 amide bonds. The highest BCUT2D eigenvalue weighted by Crippen LogP contribution is 2.35. The topological polar surface area (TPSA) is 76.5 Å². The van der Waals surface area contributed by atoms with Gasteiger partial charge < -0.3 is 14.6 Å². The fourth-order valence-electron chi connectivity index (χ4n) is 4.59. The lowest BCUT2D eigenvalue weighted by Gasteiger charge is -2.31. The summed E-state index contributed by atoms with van der Waals surface area (Å²) in [5.41, 5.74) is 1.24. The first-order chi connectivity index (χ1) is 13.0. The molecule has 1 aliphatic carbocycles. The highest BCUT2D eigenvalue weighted by Gasteiger charge is 2.32. The smallest absolute Gasteiger partial charge is 0.309 e. The average molecular weight is 391 g/mol. The molecule has 4 rings (SSSR count). The van der Waals surface area contributed by atoms with Crippen LogP contribution in [0.1, 0.15) is 55.4 Å². The standard InChI is InChI=1S/C20H27N3O3S/c1-11-4-5-14-15(10-11)27-19-16(14)18(24)21-17(22-19)12(2)23-8-6-13(7-9-23)20(25)26-3/h11-13H,4-10H2,1-3H3,(H,21,22,24)/p+1/t11-,12+/m1/s1. The van der Waals surface area contributed by atoms with Gasteiger partial charge in [-0.25, -0.2) is 4.98 Å². The van der Waals surface area contributed by atoms with Crippen LogP contribution in [0, 0.1) is 11.8 Å². The van der Waals surface area contributed by atoms with E-state index in [1.165, 1.54) is 22.5 Å². The molecule has 2 aromatic heterocycles. The molecular weight excluding hydrogens is 362 g/mol. The number of carbonyl (C=O) groups is 1. The van der Waals surface area contributed by atoms with E-state index in [1.807, 2.05) is 0 Å². The largest absolute Gasteiger partial charge is 0.469 e. The van der Waals surface area contributed by atoms with Crippen LogP contribution in [0.4, 0.5) is 0 Å². The number of methoxy groups -OCH3 is 1. The molecule has 2 N–H and O–H groups in total. The van der Waals surface area contributed by atoms with Gasteiger partial charge in [0.1, 0.15) is 10.9 Å². The molecule has 2 aromatic rings. The molecule has 2 atom stereocenters. The molecule has 6 nitrogen and oxygen atoms in total. The van der Waals surface area contributed by atoms with E-state index in [1.54, 1.807) is 11.3 Å². The number of aromatic amines is 1. The number of hydrogen-bond acceptors (Lipinski definition) is 5. The van der Waals surface area contributed by atoms with E-state index in [9.17, 15) is 9.59 Å². The van der Waals surface area contributed by atoms with Gasteiger partial charge in [-0.05, 0) is 37.7 Å². The molecule has 3 heterocycles. The van der Waals surface area contributed by atoms with E-state index in [-0.39, 0.29) is 23.5 Å². The lowest BCUT2D eigenvalue weighted by Crippen LogP contribution is -3.13. The second-order valence-electron chi connectivity index (χ2n) is 8.16. The van der Waals surface area contributed by atoms with Gasteiger partial charge >= 0.3 is 5.97 Å². The summed E-state index contributed by atoms with van der Waals surface area (Å²) < 4.78 is 4.87. The Morgan fingerprint density at radius 1 is 1.33 bits per heavy atom. The number of fused-ring (bicyclic) bond motifs is 3. The van der Waals surface area contributed by atoms with E-state index >= 15 is 0 Å². The quantitative estimate of drug-likeness (QED) is 0.781. The predicted octanol–water partition coefficient (Wildman–Crippen LogP) is 1.64. The van der Waals surface area contributed by atoms with Crippen molar-refractivity contribution in [3.8, 4) is 0 Å². The van der Waals surface area contributed by atoms with Gasteiger partial charge in [-0.3, -0.25) is 9.59 Å². The fourth-order valence-corrected chi connectivity index (χ4v) is 5.98. The Kier molecular flexibility index (Phi) is 5.07. The number of H-pyrrole nitrogens is 1. The van der Waals surface area contributed by atoms with Crippen LogP contribution in [-0.2, 0) is 22.4 Å². The monoisotopic (exact) mass is 390 g/mol. The summed E-state index contributed by atoms with van der Waals surface area (Å²) in [7, 11) is 1.45. The van der Waals surface area contributed by atoms with Crippen LogP contribution >= 0.6 is 11.3 Å². The van der Waals surface area contributed by atoms with Gasteiger partial charge in [0.2, 0.25) is 0 Å². The Hall–Kier alpha value is -1.73. The number of aromatic nitrogens is 2. The van der Waals surface area contributed by atoms with Crippen LogP contribution in [0.15, 0.2) is 4.79 Å². The fraction of sp³-hybridized carbons (Fsp3) is 0.650. The van der Waals surface area contributed by atoms with Crippen LogP contribution in [-0.4, -0.2) is 36.1 Å². The van der Waals surface area contributed by atoms with Crippen molar-refractivity contribution in [2.24, 2.45) is 11.8 Å². The van der Waals surface area contributed by atoms with Crippen molar-refractivity contribution in [1.29, 1.82) is 0 Å². The van der Waals surface area contributed by atoms with Gasteiger partial charge in [-0.2, -0.15) is 0 Å². The van der Waals surface area contributed by atoms with E-state index in [2.05, 4.69) is 18.8 Å². The Bertz CT molecular complexity index is 911. The van der Waals surface area contributed by atoms with Gasteiger partial charge in [-0.15, -0.1) is 11.3 Å². The minimum atomic E-state index is -0.104. The zero-order chi connectivity index (χ0) is 19.1. The Morgan fingerprint density at radius 2 is 2.07 bits per heavy atom. The summed E-state index contributed by atoms with van der Waals surface area (Å²) in [4.78, 5) is 36.1. The third-order valence-electron chi connectivity index (χ3n) is 6.37. The van der Waals surface area contributed by atoms with Crippen LogP contribution in [0.3, 0.4) is 0 Å². The summed E-state index contributed by atoms with van der Waals surface area (Å²) in [5.74, 6) is 1.36. The van der Waals surface area contributed by atoms with Gasteiger partial charge in [0.15, 0.2) is 5.82 Å². The summed E-state index contributed by atoms with van der Waals surface area (Å²) in [6, 6.07) is 0.110. The molecule has 1 fully saturated rings. The van der Waals surface area contributed by atoms with E-state index in [0.29, 0.717) is 5.92 Å². The van der Waals surface area contributed by atoms with Crippen LogP contribution in [0.25, 0.3) is 10.2 Å². The SMILES string of the molecule is COC(=O)C1CC[NH+]([C@@H](C)c2nc3sc4c(c3c(=O)[nH]2)CC[C@@H](C)C4)CC1. The van der Waals surface area contributed by atoms with Crippen LogP contribution in [0.2, 0.25) is 0 Å². The first kappa shape index (κ1) is 18.6. The average Bonchev–Trinajstić information content (AvgIpc) is 3.04. The minimum Gasteiger partial charge on any atom is -0.469 e. The second-order valence-corrected chi connectivity index (χ2v) is 9.24. The molecule has 7 heteroatoms. The predicted molar refractivity (Wildman–Crippen MR) is 105 cm³/mol. The number of nitrogens with one attached hydrogen (secondary N) is 2. The molecule has 0 bridgehead atoms. The highest BCUT2D eigenvalue weighted by atomic mass is 32.1. The third-order valence-corrected chi connectivity index (χ3v) is 7.52. The lowest BCUT2D eigenvalue weighted by atomic mass is 9.89. The number of nitrogens with zero attached hydrogens (tertiary/aromatic N) is 1. The number of rotatable bonds is 3. The maximum Gasteiger partial charge on any atom is 0.309 e. The van der Waals surface area contributed by atoms with Crippen molar-refractivity contribution in [3.05, 3.63) is 26.6 Å². The van der Waals surface area contributed by atoms with Crippen molar-refractivity contribution < 1.29 is 14.4 Å². The molecule has 0 saturated carbocycles. The summed E-state index contributed by atoms with van der Waals surface area (Å²) in [6.07, 6.45) is 4.85. The lowest BCUT2D eigenvalue weighted by molar-refractivity contribution is -0.935. The van der Waals surface area contributed by atoms with Gasteiger partial charge in [0.25, 0.3) is 5.56 Å². The van der Waals surface area contributed by atoms with E-state index in [4.69, 9.17) is 9.72 Å². The number of likely N-dealkylation sites (tertiary alicyclic amines) is 1. The number of carbonyl (C=O) groups excluding carboxylic acids is 1. The van der Waals surface area contributed by atoms with Gasteiger partial charge in [-0.1, -0.05) is 6.92 Å². The number of esters is 1.